The minimum Gasteiger partial charge on any atom is -0.352 e. The van der Waals surface area contributed by atoms with Crippen LogP contribution in [0, 0.1) is 6.92 Å². The van der Waals surface area contributed by atoms with E-state index in [9.17, 15) is 8.42 Å². The SMILES string of the molecule is CCNCc1cc(S(=O)(=O)Nc2cn(C)nc2C)cn1C. The maximum absolute atomic E-state index is 12.4. The normalized spacial score (nSPS) is 11.8. The largest absolute Gasteiger partial charge is 0.352 e. The zero-order valence-electron chi connectivity index (χ0n) is 12.7. The number of hydrogen-bond donors (Lipinski definition) is 2. The van der Waals surface area contributed by atoms with Crippen LogP contribution in [0.4, 0.5) is 5.69 Å². The van der Waals surface area contributed by atoms with Gasteiger partial charge in [-0.1, -0.05) is 6.92 Å². The first-order chi connectivity index (χ1) is 9.83. The topological polar surface area (TPSA) is 81.0 Å². The Morgan fingerprint density at radius 3 is 2.57 bits per heavy atom. The summed E-state index contributed by atoms with van der Waals surface area (Å²) < 4.78 is 30.8. The lowest BCUT2D eigenvalue weighted by Crippen LogP contribution is -2.14. The Morgan fingerprint density at radius 2 is 2.00 bits per heavy atom. The molecule has 0 bridgehead atoms. The van der Waals surface area contributed by atoms with Gasteiger partial charge in [0, 0.05) is 38.7 Å². The van der Waals surface area contributed by atoms with Crippen molar-refractivity contribution in [3.05, 3.63) is 29.8 Å². The van der Waals surface area contributed by atoms with Gasteiger partial charge in [-0.05, 0) is 19.5 Å². The summed E-state index contributed by atoms with van der Waals surface area (Å²) in [6, 6.07) is 1.68. The maximum atomic E-state index is 12.4. The van der Waals surface area contributed by atoms with Crippen LogP contribution in [0.1, 0.15) is 18.3 Å². The van der Waals surface area contributed by atoms with Crippen molar-refractivity contribution in [2.75, 3.05) is 11.3 Å². The molecule has 2 N–H and O–H groups in total. The fourth-order valence-electron chi connectivity index (χ4n) is 2.06. The fraction of sp³-hybridized carbons (Fsp3) is 0.462. The summed E-state index contributed by atoms with van der Waals surface area (Å²) in [5, 5.41) is 7.31. The van der Waals surface area contributed by atoms with E-state index in [-0.39, 0.29) is 4.90 Å². The molecule has 0 amide bonds. The summed E-state index contributed by atoms with van der Waals surface area (Å²) in [6.45, 7) is 5.24. The van der Waals surface area contributed by atoms with Gasteiger partial charge < -0.3 is 9.88 Å². The third-order valence-electron chi connectivity index (χ3n) is 3.21. The molecule has 8 heteroatoms. The van der Waals surface area contributed by atoms with Crippen LogP contribution in [0.3, 0.4) is 0 Å². The molecule has 21 heavy (non-hydrogen) atoms. The number of nitrogens with zero attached hydrogens (tertiary/aromatic N) is 3. The molecule has 0 radical (unpaired) electrons. The van der Waals surface area contributed by atoms with E-state index in [4.69, 9.17) is 0 Å². The van der Waals surface area contributed by atoms with Crippen LogP contribution >= 0.6 is 0 Å². The predicted molar refractivity (Wildman–Crippen MR) is 81.5 cm³/mol. The number of rotatable bonds is 6. The zero-order valence-corrected chi connectivity index (χ0v) is 13.5. The van der Waals surface area contributed by atoms with Crippen molar-refractivity contribution in [2.24, 2.45) is 14.1 Å². The Morgan fingerprint density at radius 1 is 1.29 bits per heavy atom. The highest BCUT2D eigenvalue weighted by Gasteiger charge is 2.19. The molecule has 0 aliphatic rings. The van der Waals surface area contributed by atoms with E-state index in [1.54, 1.807) is 37.1 Å². The average Bonchev–Trinajstić information content (AvgIpc) is 2.90. The van der Waals surface area contributed by atoms with Gasteiger partial charge in [-0.25, -0.2) is 8.42 Å². The fourth-order valence-corrected chi connectivity index (χ4v) is 3.25. The van der Waals surface area contributed by atoms with Crippen LogP contribution in [0.15, 0.2) is 23.4 Å². The Bertz CT molecular complexity index is 730. The molecule has 7 nitrogen and oxygen atoms in total. The summed E-state index contributed by atoms with van der Waals surface area (Å²) in [4.78, 5) is 0.251. The minimum absolute atomic E-state index is 0.251. The smallest absolute Gasteiger partial charge is 0.263 e. The van der Waals surface area contributed by atoms with Crippen molar-refractivity contribution < 1.29 is 8.42 Å². The quantitative estimate of drug-likeness (QED) is 0.833. The third kappa shape index (κ3) is 3.45. The van der Waals surface area contributed by atoms with Gasteiger partial charge in [0.25, 0.3) is 10.0 Å². The van der Waals surface area contributed by atoms with Crippen LogP contribution in [0.2, 0.25) is 0 Å². The lowest BCUT2D eigenvalue weighted by molar-refractivity contribution is 0.601. The van der Waals surface area contributed by atoms with Gasteiger partial charge >= 0.3 is 0 Å². The number of aromatic nitrogens is 3. The Balaban J connectivity index is 2.25. The highest BCUT2D eigenvalue weighted by Crippen LogP contribution is 2.20. The molecule has 0 atom stereocenters. The molecule has 116 valence electrons. The zero-order chi connectivity index (χ0) is 15.6. The highest BCUT2D eigenvalue weighted by molar-refractivity contribution is 7.92. The number of aryl methyl sites for hydroxylation is 3. The number of hydrogen-bond acceptors (Lipinski definition) is 4. The van der Waals surface area contributed by atoms with Crippen molar-refractivity contribution in [2.45, 2.75) is 25.3 Å². The van der Waals surface area contributed by atoms with Crippen LogP contribution in [0.25, 0.3) is 0 Å². The van der Waals surface area contributed by atoms with Gasteiger partial charge in [0.1, 0.15) is 4.90 Å². The van der Waals surface area contributed by atoms with E-state index in [0.29, 0.717) is 17.9 Å². The third-order valence-corrected chi connectivity index (χ3v) is 4.54. The van der Waals surface area contributed by atoms with Gasteiger partial charge in [-0.15, -0.1) is 0 Å². The van der Waals surface area contributed by atoms with Gasteiger partial charge in [-0.3, -0.25) is 9.40 Å². The minimum atomic E-state index is -3.60. The van der Waals surface area contributed by atoms with Crippen molar-refractivity contribution in [3.8, 4) is 0 Å². The molecule has 0 aliphatic carbocycles. The monoisotopic (exact) mass is 311 g/mol. The summed E-state index contributed by atoms with van der Waals surface area (Å²) >= 11 is 0. The van der Waals surface area contributed by atoms with E-state index in [2.05, 4.69) is 15.1 Å². The summed E-state index contributed by atoms with van der Waals surface area (Å²) in [6.07, 6.45) is 3.26. The first kappa shape index (κ1) is 15.6. The average molecular weight is 311 g/mol. The molecule has 0 saturated carbocycles. The second kappa shape index (κ2) is 5.90. The van der Waals surface area contributed by atoms with Crippen LogP contribution in [-0.4, -0.2) is 29.3 Å². The first-order valence-electron chi connectivity index (χ1n) is 6.72. The Hall–Kier alpha value is -1.80. The van der Waals surface area contributed by atoms with E-state index >= 15 is 0 Å². The molecule has 0 fully saturated rings. The van der Waals surface area contributed by atoms with Crippen LogP contribution in [-0.2, 0) is 30.7 Å². The lowest BCUT2D eigenvalue weighted by atomic mass is 10.4. The molecule has 0 spiro atoms. The molecular weight excluding hydrogens is 290 g/mol. The van der Waals surface area contributed by atoms with E-state index in [0.717, 1.165) is 12.2 Å². The van der Waals surface area contributed by atoms with Crippen molar-refractivity contribution in [1.82, 2.24) is 19.7 Å². The van der Waals surface area contributed by atoms with Crippen LogP contribution in [0.5, 0.6) is 0 Å². The van der Waals surface area contributed by atoms with Gasteiger partial charge in [0.05, 0.1) is 11.4 Å². The second-order valence-corrected chi connectivity index (χ2v) is 6.65. The predicted octanol–water partition coefficient (Wildman–Crippen LogP) is 0.977. The summed E-state index contributed by atoms with van der Waals surface area (Å²) in [7, 11) is -0.0150. The van der Waals surface area contributed by atoms with E-state index < -0.39 is 10.0 Å². The van der Waals surface area contributed by atoms with Gasteiger partial charge in [-0.2, -0.15) is 5.10 Å². The molecule has 0 unspecified atom stereocenters. The van der Waals surface area contributed by atoms with Crippen LogP contribution < -0.4 is 10.0 Å². The molecule has 2 heterocycles. The van der Waals surface area contributed by atoms with Gasteiger partial charge in [0.2, 0.25) is 0 Å². The number of nitrogens with one attached hydrogen (secondary N) is 2. The standard InChI is InChI=1S/C13H21N5O2S/c1-5-14-7-11-6-12(8-17(11)3)21(19,20)16-13-9-18(4)15-10(13)2/h6,8-9,14,16H,5,7H2,1-4H3. The van der Waals surface area contributed by atoms with Crippen molar-refractivity contribution >= 4 is 15.7 Å². The molecule has 2 rings (SSSR count). The first-order valence-corrected chi connectivity index (χ1v) is 8.21. The second-order valence-electron chi connectivity index (χ2n) is 4.97. The molecular formula is C13H21N5O2S. The van der Waals surface area contributed by atoms with Gasteiger partial charge in [0.15, 0.2) is 0 Å². The number of sulfonamides is 1. The summed E-state index contributed by atoms with van der Waals surface area (Å²) in [5.74, 6) is 0. The summed E-state index contributed by atoms with van der Waals surface area (Å²) in [5.41, 5.74) is 2.06. The van der Waals surface area contributed by atoms with E-state index in [1.807, 2.05) is 18.5 Å². The molecule has 0 aromatic carbocycles. The molecule has 2 aromatic rings. The molecule has 0 aliphatic heterocycles. The molecule has 2 aromatic heterocycles. The Kier molecular flexibility index (Phi) is 4.38. The van der Waals surface area contributed by atoms with Crippen molar-refractivity contribution in [3.63, 3.8) is 0 Å². The molecule has 0 saturated heterocycles. The van der Waals surface area contributed by atoms with E-state index in [1.165, 1.54) is 0 Å². The number of anilines is 1. The maximum Gasteiger partial charge on any atom is 0.263 e. The Labute approximate surface area is 125 Å². The van der Waals surface area contributed by atoms with Crippen molar-refractivity contribution in [1.29, 1.82) is 0 Å². The highest BCUT2D eigenvalue weighted by atomic mass is 32.2. The lowest BCUT2D eigenvalue weighted by Gasteiger charge is -2.04.